The number of amides is 2. The number of hydrogen-bond acceptors (Lipinski definition) is 5. The Morgan fingerprint density at radius 2 is 1.72 bits per heavy atom. The van der Waals surface area contributed by atoms with Gasteiger partial charge in [0.2, 0.25) is 5.91 Å². The smallest absolute Gasteiger partial charge is 0.341 e. The van der Waals surface area contributed by atoms with Gasteiger partial charge in [-0.1, -0.05) is 12.1 Å². The van der Waals surface area contributed by atoms with Gasteiger partial charge in [0.05, 0.1) is 5.56 Å². The van der Waals surface area contributed by atoms with Crippen molar-refractivity contribution in [2.24, 2.45) is 5.73 Å². The summed E-state index contributed by atoms with van der Waals surface area (Å²) in [5.41, 5.74) is 13.1. The average Bonchev–Trinajstić information content (AvgIpc) is 2.57. The first-order valence-electron chi connectivity index (χ1n) is 7.56. The number of benzene rings is 2. The van der Waals surface area contributed by atoms with Crippen LogP contribution in [0.1, 0.15) is 33.2 Å². The van der Waals surface area contributed by atoms with Crippen LogP contribution < -0.4 is 16.8 Å². The fourth-order valence-electron chi connectivity index (χ4n) is 2.10. The van der Waals surface area contributed by atoms with Crippen LogP contribution in [-0.2, 0) is 9.53 Å². The predicted octanol–water partition coefficient (Wildman–Crippen LogP) is 1.86. The third kappa shape index (κ3) is 4.35. The molecule has 0 saturated carbocycles. The van der Waals surface area contributed by atoms with Crippen molar-refractivity contribution < 1.29 is 19.1 Å². The molecule has 0 saturated heterocycles. The van der Waals surface area contributed by atoms with Crippen LogP contribution in [0.4, 0.5) is 11.4 Å². The zero-order valence-corrected chi connectivity index (χ0v) is 13.9. The van der Waals surface area contributed by atoms with Crippen molar-refractivity contribution in [2.75, 3.05) is 11.1 Å². The molecule has 7 nitrogen and oxygen atoms in total. The lowest BCUT2D eigenvalue weighted by molar-refractivity contribution is -0.123. The van der Waals surface area contributed by atoms with Gasteiger partial charge in [-0.25, -0.2) is 4.79 Å². The minimum absolute atomic E-state index is 0.213. The van der Waals surface area contributed by atoms with Crippen molar-refractivity contribution >= 4 is 29.2 Å². The van der Waals surface area contributed by atoms with Crippen molar-refractivity contribution in [1.29, 1.82) is 0 Å². The Morgan fingerprint density at radius 1 is 1.08 bits per heavy atom. The summed E-state index contributed by atoms with van der Waals surface area (Å²) in [5.74, 6) is -1.74. The normalized spacial score (nSPS) is 11.4. The zero-order chi connectivity index (χ0) is 18.6. The number of aryl methyl sites for hydroxylation is 1. The maximum Gasteiger partial charge on any atom is 0.341 e. The van der Waals surface area contributed by atoms with Crippen LogP contribution in [0.2, 0.25) is 0 Å². The van der Waals surface area contributed by atoms with E-state index in [0.29, 0.717) is 16.9 Å². The van der Waals surface area contributed by atoms with Gasteiger partial charge < -0.3 is 21.5 Å². The molecule has 0 fully saturated rings. The van der Waals surface area contributed by atoms with E-state index in [2.05, 4.69) is 5.32 Å². The number of nitrogens with two attached hydrogens (primary N) is 2. The monoisotopic (exact) mass is 341 g/mol. The third-order valence-electron chi connectivity index (χ3n) is 3.63. The van der Waals surface area contributed by atoms with Gasteiger partial charge in [0, 0.05) is 16.9 Å². The summed E-state index contributed by atoms with van der Waals surface area (Å²) in [7, 11) is 0. The van der Waals surface area contributed by atoms with Crippen LogP contribution >= 0.6 is 0 Å². The average molecular weight is 341 g/mol. The minimum Gasteiger partial charge on any atom is -0.449 e. The van der Waals surface area contributed by atoms with E-state index in [0.717, 1.165) is 5.56 Å². The molecule has 2 amide bonds. The second kappa shape index (κ2) is 7.48. The van der Waals surface area contributed by atoms with Gasteiger partial charge in [-0.05, 0) is 49.7 Å². The molecule has 0 heterocycles. The van der Waals surface area contributed by atoms with E-state index in [1.54, 1.807) is 19.1 Å². The first-order chi connectivity index (χ1) is 11.8. The highest BCUT2D eigenvalue weighted by molar-refractivity contribution is 6.00. The van der Waals surface area contributed by atoms with Crippen LogP contribution in [0.3, 0.4) is 0 Å². The van der Waals surface area contributed by atoms with Crippen LogP contribution in [0.5, 0.6) is 0 Å². The van der Waals surface area contributed by atoms with E-state index >= 15 is 0 Å². The highest BCUT2D eigenvalue weighted by Crippen LogP contribution is 2.18. The second-order valence-corrected chi connectivity index (χ2v) is 5.51. The van der Waals surface area contributed by atoms with Gasteiger partial charge in [-0.2, -0.15) is 0 Å². The minimum atomic E-state index is -1.02. The fourth-order valence-corrected chi connectivity index (χ4v) is 2.10. The molecule has 0 radical (unpaired) electrons. The maximum atomic E-state index is 12.2. The van der Waals surface area contributed by atoms with Crippen LogP contribution in [0.15, 0.2) is 42.5 Å². The second-order valence-electron chi connectivity index (χ2n) is 5.51. The number of carbonyl (C=O) groups excluding carboxylic acids is 3. The summed E-state index contributed by atoms with van der Waals surface area (Å²) in [5, 5.41) is 2.59. The number of carbonyl (C=O) groups is 3. The molecule has 0 aliphatic carbocycles. The first kappa shape index (κ1) is 18.0. The number of para-hydroxylation sites is 1. The van der Waals surface area contributed by atoms with Gasteiger partial charge in [-0.3, -0.25) is 9.59 Å². The Hall–Kier alpha value is -3.35. The summed E-state index contributed by atoms with van der Waals surface area (Å²) in [6.45, 7) is 3.23. The molecule has 25 heavy (non-hydrogen) atoms. The number of hydrogen-bond donors (Lipinski definition) is 3. The summed E-state index contributed by atoms with van der Waals surface area (Å²) in [6.07, 6.45) is -1.02. The summed E-state index contributed by atoms with van der Waals surface area (Å²) in [6, 6.07) is 11.0. The largest absolute Gasteiger partial charge is 0.449 e. The molecule has 2 aromatic rings. The van der Waals surface area contributed by atoms with E-state index < -0.39 is 23.9 Å². The van der Waals surface area contributed by atoms with Crippen molar-refractivity contribution in [3.8, 4) is 0 Å². The quantitative estimate of drug-likeness (QED) is 0.565. The standard InChI is InChI=1S/C18H19N3O4/c1-10-4-3-5-14(15(10)19)18(24)25-11(2)17(23)21-13-8-6-12(7-9-13)16(20)22/h3-9,11H,19H2,1-2H3,(H2,20,22)(H,21,23)/t11-/m0/s1. The molecule has 0 bridgehead atoms. The predicted molar refractivity (Wildman–Crippen MR) is 94.1 cm³/mol. The van der Waals surface area contributed by atoms with E-state index in [1.807, 2.05) is 0 Å². The Bertz CT molecular complexity index is 816. The number of nitrogen functional groups attached to an aromatic ring is 1. The Kier molecular flexibility index (Phi) is 5.38. The number of ether oxygens (including phenoxy) is 1. The van der Waals surface area contributed by atoms with Crippen LogP contribution in [0.25, 0.3) is 0 Å². The van der Waals surface area contributed by atoms with Crippen molar-refractivity contribution in [1.82, 2.24) is 0 Å². The van der Waals surface area contributed by atoms with Crippen molar-refractivity contribution in [3.05, 3.63) is 59.2 Å². The topological polar surface area (TPSA) is 125 Å². The Balaban J connectivity index is 2.01. The van der Waals surface area contributed by atoms with Gasteiger partial charge in [-0.15, -0.1) is 0 Å². The molecule has 130 valence electrons. The summed E-state index contributed by atoms with van der Waals surface area (Å²) in [4.78, 5) is 35.3. The number of rotatable bonds is 5. The van der Waals surface area contributed by atoms with Gasteiger partial charge in [0.15, 0.2) is 6.10 Å². The summed E-state index contributed by atoms with van der Waals surface area (Å²) >= 11 is 0. The number of esters is 1. The van der Waals surface area contributed by atoms with Gasteiger partial charge >= 0.3 is 5.97 Å². The van der Waals surface area contributed by atoms with Crippen molar-refractivity contribution in [2.45, 2.75) is 20.0 Å². The number of nitrogens with one attached hydrogen (secondary N) is 1. The first-order valence-corrected chi connectivity index (χ1v) is 7.56. The van der Waals surface area contributed by atoms with E-state index in [1.165, 1.54) is 37.3 Å². The molecule has 0 aliphatic rings. The van der Waals surface area contributed by atoms with Gasteiger partial charge in [0.25, 0.3) is 5.91 Å². The molecular formula is C18H19N3O4. The molecule has 7 heteroatoms. The molecule has 0 aliphatic heterocycles. The highest BCUT2D eigenvalue weighted by atomic mass is 16.5. The molecule has 0 aromatic heterocycles. The molecule has 2 aromatic carbocycles. The number of anilines is 2. The lowest BCUT2D eigenvalue weighted by Crippen LogP contribution is -2.30. The lowest BCUT2D eigenvalue weighted by Gasteiger charge is -2.15. The third-order valence-corrected chi connectivity index (χ3v) is 3.63. The molecule has 0 unspecified atom stereocenters. The molecular weight excluding hydrogens is 322 g/mol. The molecule has 1 atom stereocenters. The maximum absolute atomic E-state index is 12.2. The summed E-state index contributed by atoms with van der Waals surface area (Å²) < 4.78 is 5.16. The van der Waals surface area contributed by atoms with Crippen LogP contribution in [-0.4, -0.2) is 23.9 Å². The SMILES string of the molecule is Cc1cccc(C(=O)O[C@@H](C)C(=O)Nc2ccc(C(N)=O)cc2)c1N. The van der Waals surface area contributed by atoms with Crippen LogP contribution in [0, 0.1) is 6.92 Å². The molecule has 2 rings (SSSR count). The lowest BCUT2D eigenvalue weighted by atomic mass is 10.1. The Labute approximate surface area is 145 Å². The van der Waals surface area contributed by atoms with E-state index in [4.69, 9.17) is 16.2 Å². The number of primary amides is 1. The molecule has 0 spiro atoms. The van der Waals surface area contributed by atoms with E-state index in [-0.39, 0.29) is 5.56 Å². The highest BCUT2D eigenvalue weighted by Gasteiger charge is 2.21. The zero-order valence-electron chi connectivity index (χ0n) is 13.9. The Morgan fingerprint density at radius 3 is 2.32 bits per heavy atom. The molecule has 5 N–H and O–H groups in total. The fraction of sp³-hybridized carbons (Fsp3) is 0.167. The van der Waals surface area contributed by atoms with E-state index in [9.17, 15) is 14.4 Å². The van der Waals surface area contributed by atoms with Gasteiger partial charge in [0.1, 0.15) is 0 Å². The van der Waals surface area contributed by atoms with Crippen molar-refractivity contribution in [3.63, 3.8) is 0 Å².